The Morgan fingerprint density at radius 3 is 2.48 bits per heavy atom. The molecular weight excluding hydrogens is 299 g/mol. The van der Waals surface area contributed by atoms with Crippen molar-refractivity contribution in [2.75, 3.05) is 5.32 Å². The van der Waals surface area contributed by atoms with Gasteiger partial charge in [0.2, 0.25) is 0 Å². The molecule has 0 atom stereocenters. The Bertz CT molecular complexity index is 810. The third-order valence-corrected chi connectivity index (χ3v) is 2.81. The van der Waals surface area contributed by atoms with Crippen molar-refractivity contribution in [2.24, 2.45) is 0 Å². The molecule has 0 fully saturated rings. The number of pyridine rings is 1. The molecule has 0 saturated heterocycles. The normalized spacial score (nSPS) is 10.1. The molecule has 1 aromatic carbocycles. The summed E-state index contributed by atoms with van der Waals surface area (Å²) in [5.41, 5.74) is 0.467. The smallest absolute Gasteiger partial charge is 0.322 e. The van der Waals surface area contributed by atoms with E-state index in [0.717, 1.165) is 12.3 Å². The first kappa shape index (κ1) is 14.6. The van der Waals surface area contributed by atoms with Crippen LogP contribution < -0.4 is 10.1 Å². The van der Waals surface area contributed by atoms with Crippen LogP contribution in [0.3, 0.4) is 0 Å². The average molecular weight is 310 g/mol. The lowest BCUT2D eigenvalue weighted by molar-refractivity contribution is 0.102. The maximum Gasteiger partial charge on any atom is 0.322 e. The summed E-state index contributed by atoms with van der Waals surface area (Å²) in [4.78, 5) is 23.6. The number of carbonyl (C=O) groups excluding carboxylic acids is 1. The van der Waals surface area contributed by atoms with Crippen molar-refractivity contribution in [1.29, 1.82) is 0 Å². The molecule has 0 aliphatic carbocycles. The first-order valence-electron chi connectivity index (χ1n) is 6.67. The number of ether oxygens (including phenoxy) is 1. The van der Waals surface area contributed by atoms with Crippen LogP contribution in [0.15, 0.2) is 61.2 Å². The average Bonchev–Trinajstić information content (AvgIpc) is 2.57. The van der Waals surface area contributed by atoms with Gasteiger partial charge in [-0.3, -0.25) is 9.78 Å². The number of nitrogens with one attached hydrogen (secondary N) is 1. The molecule has 2 heterocycles. The van der Waals surface area contributed by atoms with Crippen molar-refractivity contribution < 1.29 is 13.9 Å². The highest BCUT2D eigenvalue weighted by molar-refractivity contribution is 6.03. The summed E-state index contributed by atoms with van der Waals surface area (Å²) < 4.78 is 18.5. The monoisotopic (exact) mass is 310 g/mol. The fraction of sp³-hybridized carbons (Fsp3) is 0. The largest absolute Gasteiger partial charge is 0.424 e. The zero-order chi connectivity index (χ0) is 16.1. The molecule has 0 saturated carbocycles. The second-order valence-corrected chi connectivity index (χ2v) is 4.52. The number of hydrogen-bond donors (Lipinski definition) is 1. The van der Waals surface area contributed by atoms with Crippen LogP contribution in [0.4, 0.5) is 10.1 Å². The Balaban J connectivity index is 1.67. The lowest BCUT2D eigenvalue weighted by Crippen LogP contribution is -2.13. The highest BCUT2D eigenvalue weighted by Crippen LogP contribution is 2.17. The van der Waals surface area contributed by atoms with Gasteiger partial charge in [0.05, 0.1) is 29.8 Å². The molecule has 0 radical (unpaired) electrons. The number of para-hydroxylation sites is 1. The van der Waals surface area contributed by atoms with Gasteiger partial charge in [0.25, 0.3) is 5.91 Å². The fourth-order valence-electron chi connectivity index (χ4n) is 1.77. The number of benzene rings is 1. The molecule has 3 aromatic rings. The van der Waals surface area contributed by atoms with Crippen molar-refractivity contribution in [1.82, 2.24) is 15.0 Å². The maximum absolute atomic E-state index is 13.0. The minimum Gasteiger partial charge on any atom is -0.424 e. The molecule has 7 heteroatoms. The van der Waals surface area contributed by atoms with E-state index in [9.17, 15) is 9.18 Å². The number of amides is 1. The van der Waals surface area contributed by atoms with Crippen LogP contribution in [0.25, 0.3) is 0 Å². The summed E-state index contributed by atoms with van der Waals surface area (Å²) >= 11 is 0. The van der Waals surface area contributed by atoms with Crippen LogP contribution in [-0.4, -0.2) is 20.9 Å². The number of rotatable bonds is 4. The summed E-state index contributed by atoms with van der Waals surface area (Å²) in [5, 5.41) is 2.55. The van der Waals surface area contributed by atoms with E-state index >= 15 is 0 Å². The van der Waals surface area contributed by atoms with Crippen LogP contribution in [0.2, 0.25) is 0 Å². The van der Waals surface area contributed by atoms with Gasteiger partial charge >= 0.3 is 6.01 Å². The number of anilines is 1. The molecule has 3 rings (SSSR count). The summed E-state index contributed by atoms with van der Waals surface area (Å²) in [6.45, 7) is 0. The van der Waals surface area contributed by atoms with Gasteiger partial charge < -0.3 is 10.1 Å². The Hall–Kier alpha value is -3.35. The van der Waals surface area contributed by atoms with E-state index in [1.54, 1.807) is 12.1 Å². The third kappa shape index (κ3) is 3.85. The van der Waals surface area contributed by atoms with Crippen molar-refractivity contribution >= 4 is 11.6 Å². The number of nitrogens with zero attached hydrogens (tertiary/aromatic N) is 3. The SMILES string of the molecule is O=C(Nc1cnc(Oc2ccccc2)nc1)c1cncc(F)c1. The number of hydrogen-bond acceptors (Lipinski definition) is 5. The zero-order valence-electron chi connectivity index (χ0n) is 11.8. The van der Waals surface area contributed by atoms with Crippen LogP contribution in [0.1, 0.15) is 10.4 Å². The molecule has 0 spiro atoms. The molecule has 0 aliphatic rings. The summed E-state index contributed by atoms with van der Waals surface area (Å²) in [5.74, 6) is -0.479. The lowest BCUT2D eigenvalue weighted by atomic mass is 10.2. The second kappa shape index (κ2) is 6.61. The predicted molar refractivity (Wildman–Crippen MR) is 80.7 cm³/mol. The standard InChI is InChI=1S/C16H11FN4O2/c17-12-6-11(7-18-8-12)15(22)21-13-9-19-16(20-10-13)23-14-4-2-1-3-5-14/h1-10H,(H,21,22). The topological polar surface area (TPSA) is 77.0 Å². The van der Waals surface area contributed by atoms with E-state index in [1.165, 1.54) is 18.6 Å². The zero-order valence-corrected chi connectivity index (χ0v) is 11.8. The lowest BCUT2D eigenvalue weighted by Gasteiger charge is -2.06. The summed E-state index contributed by atoms with van der Waals surface area (Å²) in [7, 11) is 0. The van der Waals surface area contributed by atoms with E-state index in [1.807, 2.05) is 18.2 Å². The van der Waals surface area contributed by atoms with Gasteiger partial charge in [-0.15, -0.1) is 0 Å². The van der Waals surface area contributed by atoms with Gasteiger partial charge in [0, 0.05) is 6.20 Å². The van der Waals surface area contributed by atoms with Crippen molar-refractivity contribution in [3.05, 3.63) is 72.6 Å². The molecule has 1 amide bonds. The quantitative estimate of drug-likeness (QED) is 0.801. The predicted octanol–water partition coefficient (Wildman–Crippen LogP) is 3.06. The maximum atomic E-state index is 13.0. The molecule has 1 N–H and O–H groups in total. The molecule has 114 valence electrons. The van der Waals surface area contributed by atoms with Crippen LogP contribution in [0.5, 0.6) is 11.8 Å². The Kier molecular flexibility index (Phi) is 4.19. The van der Waals surface area contributed by atoms with E-state index in [0.29, 0.717) is 11.4 Å². The van der Waals surface area contributed by atoms with Crippen LogP contribution >= 0.6 is 0 Å². The van der Waals surface area contributed by atoms with E-state index in [-0.39, 0.29) is 11.6 Å². The molecule has 2 aromatic heterocycles. The molecule has 0 bridgehead atoms. The van der Waals surface area contributed by atoms with Gasteiger partial charge in [-0.25, -0.2) is 14.4 Å². The molecule has 0 unspecified atom stereocenters. The number of carbonyl (C=O) groups is 1. The van der Waals surface area contributed by atoms with Gasteiger partial charge in [0.15, 0.2) is 0 Å². The Labute approximate surface area is 131 Å². The van der Waals surface area contributed by atoms with Crippen molar-refractivity contribution in [3.63, 3.8) is 0 Å². The number of halogens is 1. The van der Waals surface area contributed by atoms with E-state index in [2.05, 4.69) is 20.3 Å². The summed E-state index contributed by atoms with van der Waals surface area (Å²) in [6, 6.07) is 10.3. The molecular formula is C16H11FN4O2. The molecule has 23 heavy (non-hydrogen) atoms. The van der Waals surface area contributed by atoms with E-state index in [4.69, 9.17) is 4.74 Å². The van der Waals surface area contributed by atoms with Crippen LogP contribution in [0, 0.1) is 5.82 Å². The highest BCUT2D eigenvalue weighted by atomic mass is 19.1. The van der Waals surface area contributed by atoms with Crippen LogP contribution in [-0.2, 0) is 0 Å². The van der Waals surface area contributed by atoms with Gasteiger partial charge in [-0.05, 0) is 18.2 Å². The minimum absolute atomic E-state index is 0.106. The molecule has 6 nitrogen and oxygen atoms in total. The Morgan fingerprint density at radius 1 is 1.04 bits per heavy atom. The fourth-order valence-corrected chi connectivity index (χ4v) is 1.77. The minimum atomic E-state index is -0.583. The number of aromatic nitrogens is 3. The van der Waals surface area contributed by atoms with Crippen molar-refractivity contribution in [3.8, 4) is 11.8 Å². The van der Waals surface area contributed by atoms with Gasteiger partial charge in [-0.2, -0.15) is 0 Å². The van der Waals surface area contributed by atoms with Crippen molar-refractivity contribution in [2.45, 2.75) is 0 Å². The Morgan fingerprint density at radius 2 is 1.78 bits per heavy atom. The third-order valence-electron chi connectivity index (χ3n) is 2.81. The first-order chi connectivity index (χ1) is 11.2. The molecule has 0 aliphatic heterocycles. The first-order valence-corrected chi connectivity index (χ1v) is 6.67. The second-order valence-electron chi connectivity index (χ2n) is 4.52. The highest BCUT2D eigenvalue weighted by Gasteiger charge is 2.08. The van der Waals surface area contributed by atoms with E-state index < -0.39 is 11.7 Å². The van der Waals surface area contributed by atoms with Gasteiger partial charge in [-0.1, -0.05) is 18.2 Å². The summed E-state index contributed by atoms with van der Waals surface area (Å²) in [6.07, 6.45) is 5.09. The van der Waals surface area contributed by atoms with Gasteiger partial charge in [0.1, 0.15) is 11.6 Å².